The molecular formula is C23H26N4O2S. The summed E-state index contributed by atoms with van der Waals surface area (Å²) in [6.45, 7) is 2.16. The van der Waals surface area contributed by atoms with Crippen LogP contribution in [0.5, 0.6) is 5.75 Å². The normalized spacial score (nSPS) is 16.9. The molecule has 0 aliphatic carbocycles. The molecule has 0 spiro atoms. The van der Waals surface area contributed by atoms with Gasteiger partial charge < -0.3 is 10.1 Å². The molecule has 1 fully saturated rings. The molecule has 1 amide bonds. The first-order valence-corrected chi connectivity index (χ1v) is 11.1. The van der Waals surface area contributed by atoms with Crippen LogP contribution in [0.15, 0.2) is 54.0 Å². The van der Waals surface area contributed by atoms with Gasteiger partial charge in [-0.3, -0.25) is 14.7 Å². The van der Waals surface area contributed by atoms with Crippen LogP contribution in [0.4, 0.5) is 5.13 Å². The van der Waals surface area contributed by atoms with Gasteiger partial charge in [-0.2, -0.15) is 0 Å². The first-order chi connectivity index (χ1) is 14.7. The number of aromatic nitrogens is 2. The number of rotatable bonds is 7. The molecule has 0 saturated carbocycles. The van der Waals surface area contributed by atoms with Gasteiger partial charge in [0.15, 0.2) is 5.13 Å². The Morgan fingerprint density at radius 3 is 3.00 bits per heavy atom. The highest BCUT2D eigenvalue weighted by atomic mass is 32.1. The van der Waals surface area contributed by atoms with Crippen LogP contribution in [0.1, 0.15) is 35.7 Å². The maximum atomic E-state index is 12.3. The number of hydrogen-bond donors (Lipinski definition) is 1. The van der Waals surface area contributed by atoms with Gasteiger partial charge >= 0.3 is 0 Å². The Labute approximate surface area is 180 Å². The SMILES string of the molecule is COc1ccccc1Cc1cccc(C2CCCN(CC(=O)Nc3nccs3)C2)n1. The summed E-state index contributed by atoms with van der Waals surface area (Å²) >= 11 is 1.43. The molecular weight excluding hydrogens is 396 g/mol. The van der Waals surface area contributed by atoms with Gasteiger partial charge in [0.2, 0.25) is 5.91 Å². The summed E-state index contributed by atoms with van der Waals surface area (Å²) in [5, 5.41) is 5.38. The molecule has 7 heteroatoms. The average Bonchev–Trinajstić information content (AvgIpc) is 3.27. The molecule has 0 radical (unpaired) electrons. The standard InChI is InChI=1S/C23H26N4O2S/c1-29-21-10-3-2-6-17(21)14-19-8-4-9-20(25-19)18-7-5-12-27(15-18)16-22(28)26-23-24-11-13-30-23/h2-4,6,8-11,13,18H,5,7,12,14-16H2,1H3,(H,24,26,28). The van der Waals surface area contributed by atoms with Crippen LogP contribution in [0.25, 0.3) is 0 Å². The van der Waals surface area contributed by atoms with E-state index in [9.17, 15) is 4.79 Å². The van der Waals surface area contributed by atoms with E-state index in [4.69, 9.17) is 9.72 Å². The van der Waals surface area contributed by atoms with Crippen LogP contribution >= 0.6 is 11.3 Å². The average molecular weight is 423 g/mol. The highest BCUT2D eigenvalue weighted by molar-refractivity contribution is 7.13. The zero-order valence-corrected chi connectivity index (χ0v) is 17.9. The summed E-state index contributed by atoms with van der Waals surface area (Å²) in [5.41, 5.74) is 3.27. The topological polar surface area (TPSA) is 67.3 Å². The highest BCUT2D eigenvalue weighted by Gasteiger charge is 2.24. The van der Waals surface area contributed by atoms with Crippen molar-refractivity contribution in [1.82, 2.24) is 14.9 Å². The monoisotopic (exact) mass is 422 g/mol. The molecule has 1 atom stereocenters. The lowest BCUT2D eigenvalue weighted by atomic mass is 9.94. The third-order valence-corrected chi connectivity index (χ3v) is 6.05. The molecule has 3 heterocycles. The summed E-state index contributed by atoms with van der Waals surface area (Å²) < 4.78 is 5.48. The number of likely N-dealkylation sites (tertiary alicyclic amines) is 1. The van der Waals surface area contributed by atoms with Gasteiger partial charge in [0.25, 0.3) is 0 Å². The van der Waals surface area contributed by atoms with Crippen LogP contribution < -0.4 is 10.1 Å². The number of ether oxygens (including phenoxy) is 1. The van der Waals surface area contributed by atoms with Crippen LogP contribution in [0, 0.1) is 0 Å². The number of carbonyl (C=O) groups is 1. The van der Waals surface area contributed by atoms with E-state index < -0.39 is 0 Å². The molecule has 30 heavy (non-hydrogen) atoms. The van der Waals surface area contributed by atoms with E-state index in [0.29, 0.717) is 17.6 Å². The minimum atomic E-state index is -0.0107. The van der Waals surface area contributed by atoms with E-state index in [1.54, 1.807) is 13.3 Å². The fourth-order valence-electron chi connectivity index (χ4n) is 3.96. The van der Waals surface area contributed by atoms with E-state index >= 15 is 0 Å². The van der Waals surface area contributed by atoms with E-state index in [2.05, 4.69) is 39.5 Å². The van der Waals surface area contributed by atoms with Crippen molar-refractivity contribution in [3.05, 3.63) is 71.0 Å². The van der Waals surface area contributed by atoms with Gasteiger partial charge in [0.1, 0.15) is 5.75 Å². The summed E-state index contributed by atoms with van der Waals surface area (Å²) in [4.78, 5) is 23.6. The van der Waals surface area contributed by atoms with Crippen LogP contribution in [0.2, 0.25) is 0 Å². The number of methoxy groups -OCH3 is 1. The largest absolute Gasteiger partial charge is 0.496 e. The number of para-hydroxylation sites is 1. The second kappa shape index (κ2) is 9.82. The second-order valence-electron chi connectivity index (χ2n) is 7.50. The van der Waals surface area contributed by atoms with Gasteiger partial charge in [-0.1, -0.05) is 24.3 Å². The number of benzene rings is 1. The Kier molecular flexibility index (Phi) is 6.71. The molecule has 1 saturated heterocycles. The van der Waals surface area contributed by atoms with Crippen molar-refractivity contribution in [3.63, 3.8) is 0 Å². The van der Waals surface area contributed by atoms with Crippen LogP contribution in [0.3, 0.4) is 0 Å². The number of pyridine rings is 1. The van der Waals surface area contributed by atoms with E-state index in [1.807, 2.05) is 23.6 Å². The fourth-order valence-corrected chi connectivity index (χ4v) is 4.50. The van der Waals surface area contributed by atoms with E-state index in [0.717, 1.165) is 55.1 Å². The Morgan fingerprint density at radius 2 is 2.17 bits per heavy atom. The Bertz CT molecular complexity index is 977. The number of amides is 1. The molecule has 156 valence electrons. The Balaban J connectivity index is 1.40. The van der Waals surface area contributed by atoms with Crippen molar-refractivity contribution in [2.45, 2.75) is 25.2 Å². The third kappa shape index (κ3) is 5.23. The third-order valence-electron chi connectivity index (χ3n) is 5.36. The number of carbonyl (C=O) groups excluding carboxylic acids is 1. The molecule has 1 aliphatic heterocycles. The zero-order valence-electron chi connectivity index (χ0n) is 17.1. The summed E-state index contributed by atoms with van der Waals surface area (Å²) in [6, 6.07) is 14.3. The van der Waals surface area contributed by atoms with Crippen LogP contribution in [-0.2, 0) is 11.2 Å². The van der Waals surface area contributed by atoms with Crippen molar-refractivity contribution >= 4 is 22.4 Å². The molecule has 4 rings (SSSR count). The highest BCUT2D eigenvalue weighted by Crippen LogP contribution is 2.27. The van der Waals surface area contributed by atoms with Gasteiger partial charge in [0.05, 0.1) is 13.7 Å². The molecule has 3 aromatic rings. The molecule has 1 aliphatic rings. The van der Waals surface area contributed by atoms with Gasteiger partial charge in [0, 0.05) is 47.4 Å². The fraction of sp³-hybridized carbons (Fsp3) is 0.348. The molecule has 1 N–H and O–H groups in total. The number of hydrogen-bond acceptors (Lipinski definition) is 6. The number of anilines is 1. The molecule has 1 aromatic carbocycles. The minimum Gasteiger partial charge on any atom is -0.496 e. The maximum Gasteiger partial charge on any atom is 0.240 e. The summed E-state index contributed by atoms with van der Waals surface area (Å²) in [5.74, 6) is 1.22. The number of piperidine rings is 1. The Hall–Kier alpha value is -2.77. The number of nitrogens with one attached hydrogen (secondary N) is 1. The molecule has 0 bridgehead atoms. The molecule has 6 nitrogen and oxygen atoms in total. The number of thiazole rings is 1. The van der Waals surface area contributed by atoms with Crippen molar-refractivity contribution in [2.75, 3.05) is 32.1 Å². The Morgan fingerprint density at radius 1 is 1.27 bits per heavy atom. The predicted octanol–water partition coefficient (Wildman–Crippen LogP) is 3.96. The second-order valence-corrected chi connectivity index (χ2v) is 8.40. The van der Waals surface area contributed by atoms with Crippen molar-refractivity contribution in [2.24, 2.45) is 0 Å². The minimum absolute atomic E-state index is 0.0107. The first-order valence-electron chi connectivity index (χ1n) is 10.2. The summed E-state index contributed by atoms with van der Waals surface area (Å²) in [7, 11) is 1.70. The van der Waals surface area contributed by atoms with Crippen molar-refractivity contribution < 1.29 is 9.53 Å². The van der Waals surface area contributed by atoms with E-state index in [1.165, 1.54) is 11.3 Å². The predicted molar refractivity (Wildman–Crippen MR) is 119 cm³/mol. The quantitative estimate of drug-likeness (QED) is 0.624. The molecule has 1 unspecified atom stereocenters. The summed E-state index contributed by atoms with van der Waals surface area (Å²) in [6.07, 6.45) is 4.59. The van der Waals surface area contributed by atoms with Crippen LogP contribution in [-0.4, -0.2) is 47.5 Å². The maximum absolute atomic E-state index is 12.3. The van der Waals surface area contributed by atoms with Crippen molar-refractivity contribution in [1.29, 1.82) is 0 Å². The lowest BCUT2D eigenvalue weighted by molar-refractivity contribution is -0.117. The number of nitrogens with zero attached hydrogens (tertiary/aromatic N) is 3. The van der Waals surface area contributed by atoms with Gasteiger partial charge in [-0.05, 0) is 37.6 Å². The van der Waals surface area contributed by atoms with Crippen molar-refractivity contribution in [3.8, 4) is 5.75 Å². The smallest absolute Gasteiger partial charge is 0.240 e. The lowest BCUT2D eigenvalue weighted by Crippen LogP contribution is -2.40. The molecule has 2 aromatic heterocycles. The van der Waals surface area contributed by atoms with E-state index in [-0.39, 0.29) is 5.91 Å². The zero-order chi connectivity index (χ0) is 20.8. The van der Waals surface area contributed by atoms with Gasteiger partial charge in [-0.25, -0.2) is 4.98 Å². The lowest BCUT2D eigenvalue weighted by Gasteiger charge is -2.32. The first kappa shape index (κ1) is 20.5. The van der Waals surface area contributed by atoms with Gasteiger partial charge in [-0.15, -0.1) is 11.3 Å².